The van der Waals surface area contributed by atoms with Gasteiger partial charge in [-0.15, -0.1) is 0 Å². The van der Waals surface area contributed by atoms with Crippen LogP contribution in [0.15, 0.2) is 54.7 Å². The minimum Gasteiger partial charge on any atom is -0.496 e. The van der Waals surface area contributed by atoms with E-state index in [1.807, 2.05) is 77.0 Å². The van der Waals surface area contributed by atoms with Crippen LogP contribution in [0.25, 0.3) is 6.08 Å². The normalized spacial score (nSPS) is 22.0. The molecule has 2 aliphatic rings. The lowest BCUT2D eigenvalue weighted by atomic mass is 9.96. The summed E-state index contributed by atoms with van der Waals surface area (Å²) in [5.41, 5.74) is 1.55. The van der Waals surface area contributed by atoms with Crippen LogP contribution in [0, 0.1) is 11.8 Å². The third kappa shape index (κ3) is 8.55. The van der Waals surface area contributed by atoms with Crippen molar-refractivity contribution in [3.05, 3.63) is 65.9 Å². The third-order valence-electron chi connectivity index (χ3n) is 9.57. The van der Waals surface area contributed by atoms with Gasteiger partial charge in [0.1, 0.15) is 35.7 Å². The van der Waals surface area contributed by atoms with E-state index < -0.39 is 36.2 Å². The van der Waals surface area contributed by atoms with Gasteiger partial charge in [-0.3, -0.25) is 24.1 Å². The molecule has 4 amide bonds. The molecule has 3 N–H and O–H groups in total. The fourth-order valence-electron chi connectivity index (χ4n) is 6.51. The molecule has 0 unspecified atom stereocenters. The molecule has 48 heavy (non-hydrogen) atoms. The first-order valence-corrected chi connectivity index (χ1v) is 16.9. The van der Waals surface area contributed by atoms with Gasteiger partial charge >= 0.3 is 0 Å². The first-order valence-electron chi connectivity index (χ1n) is 16.9. The second-order valence-corrected chi connectivity index (χ2v) is 13.1. The number of rotatable bonds is 11. The van der Waals surface area contributed by atoms with Gasteiger partial charge in [0.15, 0.2) is 0 Å². The summed E-state index contributed by atoms with van der Waals surface area (Å²) in [7, 11) is 5.27. The minimum atomic E-state index is -1.05. The number of nitrogens with zero attached hydrogens (tertiary/aromatic N) is 2. The van der Waals surface area contributed by atoms with Gasteiger partial charge < -0.3 is 30.3 Å². The van der Waals surface area contributed by atoms with Crippen LogP contribution in [-0.2, 0) is 25.6 Å². The van der Waals surface area contributed by atoms with Crippen molar-refractivity contribution >= 4 is 29.7 Å². The fourth-order valence-corrected chi connectivity index (χ4v) is 6.51. The summed E-state index contributed by atoms with van der Waals surface area (Å²) in [6.07, 6.45) is 4.58. The Morgan fingerprint density at radius 2 is 1.79 bits per heavy atom. The lowest BCUT2D eigenvalue weighted by Gasteiger charge is -2.34. The highest BCUT2D eigenvalue weighted by Gasteiger charge is 2.47. The molecule has 2 heterocycles. The number of fused-ring (bicyclic) bond motifs is 3. The van der Waals surface area contributed by atoms with Crippen LogP contribution in [0.4, 0.5) is 0 Å². The SMILES string of the molecule is CC[C@H](C)[C@@H]1NC(=O)[C@@H]2[C@H](CCN2C(=O)[C@H](Cc2ccccc2)NC(=O)[C@H]([C@@H](C)CC)N(C)C)Oc2ccc(OC)c(c2)C=CNC1=O. The van der Waals surface area contributed by atoms with E-state index >= 15 is 0 Å². The summed E-state index contributed by atoms with van der Waals surface area (Å²) in [5.74, 6) is -0.555. The number of likely N-dealkylation sites (tertiary alicyclic amines) is 1. The van der Waals surface area contributed by atoms with Crippen molar-refractivity contribution in [2.24, 2.45) is 11.8 Å². The summed E-state index contributed by atoms with van der Waals surface area (Å²) in [5, 5.41) is 8.80. The average molecular weight is 662 g/mol. The molecule has 1 saturated heterocycles. The van der Waals surface area contributed by atoms with Gasteiger partial charge in [-0.2, -0.15) is 0 Å². The van der Waals surface area contributed by atoms with E-state index in [0.29, 0.717) is 29.9 Å². The van der Waals surface area contributed by atoms with Crippen molar-refractivity contribution in [2.75, 3.05) is 27.7 Å². The van der Waals surface area contributed by atoms with Gasteiger partial charge in [0.25, 0.3) is 0 Å². The van der Waals surface area contributed by atoms with E-state index in [2.05, 4.69) is 16.0 Å². The Balaban J connectivity index is 1.73. The van der Waals surface area contributed by atoms with E-state index in [1.165, 1.54) is 11.1 Å². The Morgan fingerprint density at radius 3 is 2.44 bits per heavy atom. The van der Waals surface area contributed by atoms with Crippen LogP contribution >= 0.6 is 0 Å². The Labute approximate surface area is 284 Å². The van der Waals surface area contributed by atoms with Gasteiger partial charge in [0.2, 0.25) is 23.6 Å². The van der Waals surface area contributed by atoms with Gasteiger partial charge in [-0.25, -0.2) is 0 Å². The average Bonchev–Trinajstić information content (AvgIpc) is 3.49. The minimum absolute atomic E-state index is 0.0470. The largest absolute Gasteiger partial charge is 0.496 e. The van der Waals surface area contributed by atoms with Crippen LogP contribution in [0.2, 0.25) is 0 Å². The second-order valence-electron chi connectivity index (χ2n) is 13.1. The monoisotopic (exact) mass is 661 g/mol. The maximum atomic E-state index is 14.6. The highest BCUT2D eigenvalue weighted by Crippen LogP contribution is 2.30. The summed E-state index contributed by atoms with van der Waals surface area (Å²) in [4.78, 5) is 59.4. The van der Waals surface area contributed by atoms with Gasteiger partial charge in [0.05, 0.1) is 13.2 Å². The molecule has 2 aliphatic heterocycles. The number of carbonyl (C=O) groups is 4. The second kappa shape index (κ2) is 16.6. The molecule has 4 rings (SSSR count). The lowest BCUT2D eigenvalue weighted by Crippen LogP contribution is -2.61. The highest BCUT2D eigenvalue weighted by molar-refractivity contribution is 5.96. The first-order chi connectivity index (χ1) is 23.0. The maximum Gasteiger partial charge on any atom is 0.247 e. The van der Waals surface area contributed by atoms with Crippen molar-refractivity contribution < 1.29 is 28.7 Å². The molecule has 1 fully saturated rings. The third-order valence-corrected chi connectivity index (χ3v) is 9.57. The molecule has 0 radical (unpaired) electrons. The first kappa shape index (κ1) is 36.5. The predicted molar refractivity (Wildman–Crippen MR) is 185 cm³/mol. The van der Waals surface area contributed by atoms with E-state index in [-0.39, 0.29) is 42.5 Å². The number of hydrogen-bond acceptors (Lipinski definition) is 7. The molecule has 2 aromatic rings. The zero-order valence-corrected chi connectivity index (χ0v) is 29.2. The zero-order chi connectivity index (χ0) is 35.0. The number of hydrogen-bond donors (Lipinski definition) is 3. The molecule has 2 bridgehead atoms. The zero-order valence-electron chi connectivity index (χ0n) is 29.2. The quantitative estimate of drug-likeness (QED) is 0.337. The predicted octanol–water partition coefficient (Wildman–Crippen LogP) is 3.38. The molecule has 0 saturated carbocycles. The number of likely N-dealkylation sites (N-methyl/N-ethyl adjacent to an activating group) is 1. The Hall–Kier alpha value is -4.38. The van der Waals surface area contributed by atoms with Crippen LogP contribution in [0.3, 0.4) is 0 Å². The number of carbonyl (C=O) groups excluding carboxylic acids is 4. The van der Waals surface area contributed by atoms with Crippen LogP contribution in [-0.4, -0.2) is 91.4 Å². The molecule has 0 aromatic heterocycles. The van der Waals surface area contributed by atoms with Crippen molar-refractivity contribution in [3.63, 3.8) is 0 Å². The fraction of sp³-hybridized carbons (Fsp3) is 0.514. The van der Waals surface area contributed by atoms with Crippen molar-refractivity contribution in [2.45, 2.75) is 83.6 Å². The number of methoxy groups -OCH3 is 1. The van der Waals surface area contributed by atoms with Crippen LogP contribution < -0.4 is 25.4 Å². The lowest BCUT2D eigenvalue weighted by molar-refractivity contribution is -0.144. The summed E-state index contributed by atoms with van der Waals surface area (Å²) >= 11 is 0. The molecular weight excluding hydrogens is 610 g/mol. The number of amides is 4. The molecule has 0 spiro atoms. The molecule has 11 nitrogen and oxygen atoms in total. The van der Waals surface area contributed by atoms with Gasteiger partial charge in [-0.05, 0) is 55.8 Å². The Morgan fingerprint density at radius 1 is 1.06 bits per heavy atom. The number of ether oxygens (including phenoxy) is 2. The molecule has 11 heteroatoms. The topological polar surface area (TPSA) is 129 Å². The van der Waals surface area contributed by atoms with Crippen molar-refractivity contribution in [1.82, 2.24) is 25.8 Å². The molecule has 2 aromatic carbocycles. The number of nitrogens with one attached hydrogen (secondary N) is 3. The molecular formula is C37H51N5O6. The Kier molecular flexibility index (Phi) is 12.6. The summed E-state index contributed by atoms with van der Waals surface area (Å²) < 4.78 is 12.0. The highest BCUT2D eigenvalue weighted by atomic mass is 16.5. The standard InChI is InChI=1S/C37H51N5O6/c1-8-23(3)31-34(43)38-19-17-26-22-27(15-16-29(26)47-7)48-30-18-20-42(33(30)36(45)40-31)37(46)28(21-25-13-11-10-12-14-25)39-35(44)32(41(5)6)24(4)9-2/h10-17,19,22-24,28,30-33H,8-9,18,20-21H2,1-7H3,(H,38,43)(H,39,44)(H,40,45)/t23-,24-,28-,30-,31-,32-,33-/m0/s1. The molecule has 260 valence electrons. The Bertz CT molecular complexity index is 1460. The molecule has 0 aliphatic carbocycles. The van der Waals surface area contributed by atoms with E-state index in [1.54, 1.807) is 31.4 Å². The number of benzene rings is 2. The van der Waals surface area contributed by atoms with Crippen LogP contribution in [0.1, 0.15) is 58.1 Å². The van der Waals surface area contributed by atoms with E-state index in [4.69, 9.17) is 9.47 Å². The van der Waals surface area contributed by atoms with E-state index in [9.17, 15) is 19.2 Å². The van der Waals surface area contributed by atoms with E-state index in [0.717, 1.165) is 12.0 Å². The summed E-state index contributed by atoms with van der Waals surface area (Å²) in [6.45, 7) is 8.13. The summed E-state index contributed by atoms with van der Waals surface area (Å²) in [6, 6.07) is 11.5. The maximum absolute atomic E-state index is 14.6. The smallest absolute Gasteiger partial charge is 0.247 e. The van der Waals surface area contributed by atoms with Gasteiger partial charge in [0, 0.05) is 31.1 Å². The van der Waals surface area contributed by atoms with Crippen LogP contribution in [0.5, 0.6) is 11.5 Å². The molecule has 7 atom stereocenters. The van der Waals surface area contributed by atoms with Crippen molar-refractivity contribution in [1.29, 1.82) is 0 Å². The van der Waals surface area contributed by atoms with Crippen molar-refractivity contribution in [3.8, 4) is 11.5 Å². The van der Waals surface area contributed by atoms with Gasteiger partial charge in [-0.1, -0.05) is 70.9 Å².